The Morgan fingerprint density at radius 3 is 2.67 bits per heavy atom. The van der Waals surface area contributed by atoms with Gasteiger partial charge in [-0.3, -0.25) is 4.90 Å². The second kappa shape index (κ2) is 9.38. The number of alkyl halides is 1. The first kappa shape index (κ1) is 21.2. The first-order valence-electron chi connectivity index (χ1n) is 10.0. The predicted molar refractivity (Wildman–Crippen MR) is 119 cm³/mol. The summed E-state index contributed by atoms with van der Waals surface area (Å²) in [6.45, 7) is 4.20. The molecule has 9 heteroatoms. The SMILES string of the molecule is O=S(=O)(NCCCN1CCN(c2nsc3ccccc23)CC1)c1cccc(CF)c1. The molecule has 0 bridgehead atoms. The summed E-state index contributed by atoms with van der Waals surface area (Å²) < 4.78 is 46.0. The third-order valence-electron chi connectivity index (χ3n) is 5.34. The number of rotatable bonds is 8. The number of piperazine rings is 1. The number of hydrogen-bond donors (Lipinski definition) is 1. The predicted octanol–water partition coefficient (Wildman–Crippen LogP) is 3.26. The molecule has 0 spiro atoms. The minimum Gasteiger partial charge on any atom is -0.353 e. The highest BCUT2D eigenvalue weighted by molar-refractivity contribution is 7.89. The monoisotopic (exact) mass is 448 g/mol. The quantitative estimate of drug-likeness (QED) is 0.536. The number of benzene rings is 2. The molecule has 1 saturated heterocycles. The van der Waals surface area contributed by atoms with Gasteiger partial charge >= 0.3 is 0 Å². The zero-order valence-corrected chi connectivity index (χ0v) is 18.3. The molecule has 2 heterocycles. The summed E-state index contributed by atoms with van der Waals surface area (Å²) in [6, 6.07) is 14.3. The molecule has 160 valence electrons. The van der Waals surface area contributed by atoms with E-state index in [9.17, 15) is 12.8 Å². The summed E-state index contributed by atoms with van der Waals surface area (Å²) in [5.41, 5.74) is 0.364. The van der Waals surface area contributed by atoms with Gasteiger partial charge in [-0.15, -0.1) is 0 Å². The van der Waals surface area contributed by atoms with Gasteiger partial charge in [0.15, 0.2) is 0 Å². The van der Waals surface area contributed by atoms with Gasteiger partial charge in [0.25, 0.3) is 0 Å². The third kappa shape index (κ3) is 4.80. The van der Waals surface area contributed by atoms with Crippen LogP contribution < -0.4 is 9.62 Å². The van der Waals surface area contributed by atoms with E-state index in [1.807, 2.05) is 12.1 Å². The number of nitrogens with one attached hydrogen (secondary N) is 1. The Labute approximate surface area is 180 Å². The molecule has 1 aliphatic rings. The minimum atomic E-state index is -3.61. The number of fused-ring (bicyclic) bond motifs is 1. The van der Waals surface area contributed by atoms with Crippen molar-refractivity contribution in [2.24, 2.45) is 0 Å². The average molecular weight is 449 g/mol. The maximum atomic E-state index is 12.8. The van der Waals surface area contributed by atoms with E-state index in [1.165, 1.54) is 33.8 Å². The highest BCUT2D eigenvalue weighted by Gasteiger charge is 2.20. The topological polar surface area (TPSA) is 65.5 Å². The zero-order valence-electron chi connectivity index (χ0n) is 16.6. The van der Waals surface area contributed by atoms with Crippen LogP contribution in [0.2, 0.25) is 0 Å². The van der Waals surface area contributed by atoms with E-state index >= 15 is 0 Å². The van der Waals surface area contributed by atoms with Crippen LogP contribution in [0.3, 0.4) is 0 Å². The molecule has 0 atom stereocenters. The lowest BCUT2D eigenvalue weighted by atomic mass is 10.2. The van der Waals surface area contributed by atoms with Crippen LogP contribution in [-0.4, -0.2) is 57.0 Å². The fourth-order valence-corrected chi connectivity index (χ4v) is 5.61. The van der Waals surface area contributed by atoms with Gasteiger partial charge in [0.05, 0.1) is 9.60 Å². The van der Waals surface area contributed by atoms with Crippen molar-refractivity contribution in [2.75, 3.05) is 44.2 Å². The molecule has 0 unspecified atom stereocenters. The average Bonchev–Trinajstić information content (AvgIpc) is 3.21. The summed E-state index contributed by atoms with van der Waals surface area (Å²) in [4.78, 5) is 4.79. The molecule has 3 aromatic rings. The van der Waals surface area contributed by atoms with Crippen molar-refractivity contribution in [3.05, 3.63) is 54.1 Å². The molecule has 0 aliphatic carbocycles. The van der Waals surface area contributed by atoms with Crippen LogP contribution >= 0.6 is 11.5 Å². The maximum absolute atomic E-state index is 12.8. The van der Waals surface area contributed by atoms with E-state index in [-0.39, 0.29) is 4.90 Å². The number of sulfonamides is 1. The van der Waals surface area contributed by atoms with Gasteiger partial charge in [0, 0.05) is 38.1 Å². The van der Waals surface area contributed by atoms with Gasteiger partial charge in [-0.2, -0.15) is 4.37 Å². The Balaban J connectivity index is 1.23. The molecular weight excluding hydrogens is 423 g/mol. The van der Waals surface area contributed by atoms with Crippen LogP contribution in [-0.2, 0) is 16.7 Å². The summed E-state index contributed by atoms with van der Waals surface area (Å²) in [6.07, 6.45) is 0.724. The smallest absolute Gasteiger partial charge is 0.240 e. The number of anilines is 1. The van der Waals surface area contributed by atoms with E-state index in [0.717, 1.165) is 45.0 Å². The number of nitrogens with zero attached hydrogens (tertiary/aromatic N) is 3. The van der Waals surface area contributed by atoms with Crippen molar-refractivity contribution in [3.8, 4) is 0 Å². The molecule has 0 radical (unpaired) electrons. The Morgan fingerprint density at radius 1 is 1.07 bits per heavy atom. The van der Waals surface area contributed by atoms with Crippen LogP contribution in [0, 0.1) is 0 Å². The first-order valence-corrected chi connectivity index (χ1v) is 12.3. The highest BCUT2D eigenvalue weighted by atomic mass is 32.2. The van der Waals surface area contributed by atoms with Crippen molar-refractivity contribution in [3.63, 3.8) is 0 Å². The molecule has 0 saturated carbocycles. The Hall–Kier alpha value is -2.07. The van der Waals surface area contributed by atoms with E-state index in [0.29, 0.717) is 12.1 Å². The molecule has 1 aromatic heterocycles. The van der Waals surface area contributed by atoms with Crippen molar-refractivity contribution in [2.45, 2.75) is 18.0 Å². The van der Waals surface area contributed by atoms with Crippen LogP contribution in [0.5, 0.6) is 0 Å². The summed E-state index contributed by atoms with van der Waals surface area (Å²) in [7, 11) is -3.61. The van der Waals surface area contributed by atoms with E-state index < -0.39 is 16.7 Å². The standard InChI is InChI=1S/C21H25FN4O2S2/c22-16-17-5-3-6-18(15-17)30(27,28)23-9-4-10-25-11-13-26(14-12-25)21-19-7-1-2-8-20(19)29-24-21/h1-3,5-8,15,23H,4,9-14,16H2. The summed E-state index contributed by atoms with van der Waals surface area (Å²) >= 11 is 1.54. The third-order valence-corrected chi connectivity index (χ3v) is 7.61. The Morgan fingerprint density at radius 2 is 1.87 bits per heavy atom. The number of halogens is 1. The maximum Gasteiger partial charge on any atom is 0.240 e. The number of hydrogen-bond acceptors (Lipinski definition) is 6. The molecule has 6 nitrogen and oxygen atoms in total. The number of aromatic nitrogens is 1. The van der Waals surface area contributed by atoms with E-state index in [2.05, 4.69) is 31.0 Å². The lowest BCUT2D eigenvalue weighted by Gasteiger charge is -2.35. The fourth-order valence-electron chi connectivity index (χ4n) is 3.67. The minimum absolute atomic E-state index is 0.113. The van der Waals surface area contributed by atoms with Gasteiger partial charge in [0.2, 0.25) is 10.0 Å². The summed E-state index contributed by atoms with van der Waals surface area (Å²) in [5, 5.41) is 1.21. The van der Waals surface area contributed by atoms with Gasteiger partial charge in [0.1, 0.15) is 12.5 Å². The van der Waals surface area contributed by atoms with Crippen LogP contribution in [0.1, 0.15) is 12.0 Å². The van der Waals surface area contributed by atoms with Crippen molar-refractivity contribution >= 4 is 37.5 Å². The molecular formula is C21H25FN4O2S2. The highest BCUT2D eigenvalue weighted by Crippen LogP contribution is 2.29. The lowest BCUT2D eigenvalue weighted by molar-refractivity contribution is 0.255. The fraction of sp³-hybridized carbons (Fsp3) is 0.381. The normalized spacial score (nSPS) is 15.7. The van der Waals surface area contributed by atoms with Gasteiger partial charge < -0.3 is 4.90 Å². The van der Waals surface area contributed by atoms with Crippen LogP contribution in [0.25, 0.3) is 10.1 Å². The molecule has 0 amide bonds. The molecule has 30 heavy (non-hydrogen) atoms. The zero-order chi connectivity index (χ0) is 21.0. The van der Waals surface area contributed by atoms with Gasteiger partial charge in [-0.25, -0.2) is 17.5 Å². The molecule has 1 fully saturated rings. The van der Waals surface area contributed by atoms with Crippen molar-refractivity contribution in [1.29, 1.82) is 0 Å². The Bertz CT molecular complexity index is 1100. The Kier molecular flexibility index (Phi) is 6.62. The molecule has 2 aromatic carbocycles. The molecule has 1 aliphatic heterocycles. The lowest BCUT2D eigenvalue weighted by Crippen LogP contribution is -2.47. The van der Waals surface area contributed by atoms with Crippen LogP contribution in [0.4, 0.5) is 10.2 Å². The second-order valence-electron chi connectivity index (χ2n) is 7.36. The second-order valence-corrected chi connectivity index (χ2v) is 9.94. The van der Waals surface area contributed by atoms with E-state index in [1.54, 1.807) is 12.1 Å². The van der Waals surface area contributed by atoms with Gasteiger partial charge in [-0.05, 0) is 54.3 Å². The molecule has 1 N–H and O–H groups in total. The van der Waals surface area contributed by atoms with Crippen molar-refractivity contribution in [1.82, 2.24) is 14.0 Å². The molecule has 4 rings (SSSR count). The van der Waals surface area contributed by atoms with Crippen molar-refractivity contribution < 1.29 is 12.8 Å². The van der Waals surface area contributed by atoms with Crippen LogP contribution in [0.15, 0.2) is 53.4 Å². The van der Waals surface area contributed by atoms with E-state index in [4.69, 9.17) is 0 Å². The summed E-state index contributed by atoms with van der Waals surface area (Å²) in [5.74, 6) is 1.07. The first-order chi connectivity index (χ1) is 14.6. The van der Waals surface area contributed by atoms with Gasteiger partial charge in [-0.1, -0.05) is 24.3 Å². The largest absolute Gasteiger partial charge is 0.353 e.